The van der Waals surface area contributed by atoms with Gasteiger partial charge in [0.25, 0.3) is 0 Å². The van der Waals surface area contributed by atoms with Crippen LogP contribution in [0.1, 0.15) is 90.2 Å². The number of hydrazine groups is 1. The first-order valence-electron chi connectivity index (χ1n) is 23.1. The molecule has 2 aromatic rings. The zero-order valence-electron chi connectivity index (χ0n) is 39.7. The number of carbonyl (C=O) groups excluding carboxylic acids is 6. The van der Waals surface area contributed by atoms with Crippen molar-refractivity contribution >= 4 is 69.3 Å². The first-order chi connectivity index (χ1) is 32.7. The molecule has 0 aliphatic carbocycles. The smallest absolute Gasteiger partial charge is 0.326 e. The van der Waals surface area contributed by atoms with Crippen LogP contribution in [0.2, 0.25) is 0 Å². The third-order valence-electron chi connectivity index (χ3n) is 11.5. The number of aromatic hydroxyl groups is 1. The van der Waals surface area contributed by atoms with E-state index in [-0.39, 0.29) is 88.2 Å². The van der Waals surface area contributed by atoms with Crippen LogP contribution < -0.4 is 55.1 Å². The average Bonchev–Trinajstić information content (AvgIpc) is 3.79. The van der Waals surface area contributed by atoms with Crippen LogP contribution in [0.25, 0.3) is 0 Å². The Morgan fingerprint density at radius 1 is 0.783 bits per heavy atom. The summed E-state index contributed by atoms with van der Waals surface area (Å²) in [5.74, 6) is -5.85. The minimum Gasteiger partial charge on any atom is -0.508 e. The fourth-order valence-electron chi connectivity index (χ4n) is 7.59. The lowest BCUT2D eigenvalue weighted by Gasteiger charge is -2.31. The Hall–Kier alpha value is -6.49. The molecule has 0 aromatic heterocycles. The Labute approximate surface area is 411 Å². The van der Waals surface area contributed by atoms with Crippen LogP contribution in [-0.2, 0) is 46.4 Å². The molecule has 1 aliphatic rings. The summed E-state index contributed by atoms with van der Waals surface area (Å²) in [5, 5.41) is 30.7. The molecule has 7 atom stereocenters. The van der Waals surface area contributed by atoms with E-state index in [1.165, 1.54) is 17.0 Å². The van der Waals surface area contributed by atoms with Gasteiger partial charge in [-0.2, -0.15) is 0 Å². The number of hydrogen-bond donors (Lipinski definition) is 12. The second-order valence-corrected chi connectivity index (χ2v) is 18.3. The number of carbonyl (C=O) groups is 7. The number of guanidine groups is 2. The van der Waals surface area contributed by atoms with Gasteiger partial charge in [0.05, 0.1) is 6.42 Å². The molecular formula is C46H70BrN13O9. The highest BCUT2D eigenvalue weighted by Crippen LogP contribution is 2.22. The summed E-state index contributed by atoms with van der Waals surface area (Å²) in [6.07, 6.45) is 1.84. The average molecular weight is 1030 g/mol. The summed E-state index contributed by atoms with van der Waals surface area (Å²) in [6, 6.07) is 6.11. The van der Waals surface area contributed by atoms with E-state index in [1.54, 1.807) is 37.3 Å². The number of likely N-dealkylation sites (tertiary alicyclic amines) is 1. The number of halogens is 1. The molecule has 23 heteroatoms. The third-order valence-corrected chi connectivity index (χ3v) is 12.3. The molecule has 1 aliphatic heterocycles. The van der Waals surface area contributed by atoms with E-state index in [0.717, 1.165) is 4.47 Å². The number of nitrogens with two attached hydrogens (primary N) is 4. The molecule has 1 fully saturated rings. The highest BCUT2D eigenvalue weighted by atomic mass is 79.9. The van der Waals surface area contributed by atoms with E-state index in [9.17, 15) is 43.8 Å². The Balaban J connectivity index is 1.90. The minimum absolute atomic E-state index is 0.0159. The Bertz CT molecular complexity index is 2120. The summed E-state index contributed by atoms with van der Waals surface area (Å²) in [5.41, 5.74) is 28.7. The molecule has 16 N–H and O–H groups in total. The van der Waals surface area contributed by atoms with Crippen LogP contribution in [0, 0.1) is 11.8 Å². The van der Waals surface area contributed by atoms with Gasteiger partial charge in [0.15, 0.2) is 11.9 Å². The molecule has 0 saturated carbocycles. The van der Waals surface area contributed by atoms with E-state index in [0.29, 0.717) is 30.4 Å². The van der Waals surface area contributed by atoms with Crippen molar-refractivity contribution in [2.24, 2.45) is 44.8 Å². The van der Waals surface area contributed by atoms with Gasteiger partial charge in [-0.05, 0) is 86.1 Å². The number of nitrogens with zero attached hydrogens (tertiary/aromatic N) is 3. The summed E-state index contributed by atoms with van der Waals surface area (Å²) >= 11 is 3.43. The lowest BCUT2D eigenvalue weighted by atomic mass is 9.96. The molecule has 3 rings (SSSR count). The van der Waals surface area contributed by atoms with Crippen molar-refractivity contribution in [3.05, 3.63) is 64.1 Å². The molecule has 380 valence electrons. The fourth-order valence-corrected chi connectivity index (χ4v) is 8.02. The van der Waals surface area contributed by atoms with Crippen molar-refractivity contribution < 1.29 is 43.8 Å². The van der Waals surface area contributed by atoms with Gasteiger partial charge in [-0.25, -0.2) is 10.2 Å². The summed E-state index contributed by atoms with van der Waals surface area (Å²) in [4.78, 5) is 105. The summed E-state index contributed by atoms with van der Waals surface area (Å²) in [7, 11) is 0. The number of hydrogen-bond acceptors (Lipinski definition) is 11. The number of phenolic OH excluding ortho intramolecular Hbond substituents is 1. The Kier molecular flexibility index (Phi) is 23.7. The van der Waals surface area contributed by atoms with E-state index in [4.69, 9.17) is 22.9 Å². The minimum atomic E-state index is -1.30. The molecular weight excluding hydrogens is 958 g/mol. The van der Waals surface area contributed by atoms with Crippen molar-refractivity contribution in [3.63, 3.8) is 0 Å². The van der Waals surface area contributed by atoms with Gasteiger partial charge in [-0.15, -0.1) is 0 Å². The molecule has 22 nitrogen and oxygen atoms in total. The molecule has 1 heterocycles. The summed E-state index contributed by atoms with van der Waals surface area (Å²) in [6.45, 7) is 7.62. The molecule has 1 saturated heterocycles. The molecule has 6 amide bonds. The van der Waals surface area contributed by atoms with Crippen LogP contribution in [0.3, 0.4) is 0 Å². The third kappa shape index (κ3) is 19.6. The van der Waals surface area contributed by atoms with Crippen molar-refractivity contribution in [3.8, 4) is 5.75 Å². The molecule has 69 heavy (non-hydrogen) atoms. The number of phenols is 1. The normalized spacial score (nSPS) is 15.9. The first-order valence-corrected chi connectivity index (χ1v) is 23.9. The molecule has 0 spiro atoms. The largest absolute Gasteiger partial charge is 0.508 e. The van der Waals surface area contributed by atoms with E-state index in [2.05, 4.69) is 58.0 Å². The van der Waals surface area contributed by atoms with Crippen molar-refractivity contribution in [2.45, 2.75) is 128 Å². The van der Waals surface area contributed by atoms with Crippen LogP contribution in [0.15, 0.2) is 63.0 Å². The van der Waals surface area contributed by atoms with Gasteiger partial charge in [-0.1, -0.05) is 80.4 Å². The number of nitrogens with one attached hydrogen (secondary N) is 6. The van der Waals surface area contributed by atoms with Gasteiger partial charge < -0.3 is 59.3 Å². The predicted molar refractivity (Wildman–Crippen MR) is 264 cm³/mol. The maximum absolute atomic E-state index is 14.6. The van der Waals surface area contributed by atoms with Gasteiger partial charge in [0.2, 0.25) is 35.4 Å². The van der Waals surface area contributed by atoms with Crippen LogP contribution in [0.4, 0.5) is 0 Å². The monoisotopic (exact) mass is 1030 g/mol. The number of amides is 6. The number of carboxylic acids is 1. The van der Waals surface area contributed by atoms with Gasteiger partial charge in [0.1, 0.15) is 42.0 Å². The first kappa shape index (κ1) is 56.8. The lowest BCUT2D eigenvalue weighted by Crippen LogP contribution is -2.60. The maximum Gasteiger partial charge on any atom is 0.326 e. The number of benzene rings is 2. The van der Waals surface area contributed by atoms with Crippen LogP contribution in [0.5, 0.6) is 5.75 Å². The standard InChI is InChI=1S/C46H70BrN13O9/c1-5-27(4)38(42(66)56-35(44(68)69)23-26(2)3)57-40(64)34(24-28-16-18-30(61)19-17-28)55-41(65)36-15-10-22-60(36)43(67)33(14-9-21-53-46(50)51)54-39(63)32(13-8-20-52-45(48)49)58-59-37(62)25-29-11-6-7-12-31(29)47/h6-7,11-12,16-19,26-27,32-36,38,58,61H,5,8-10,13-15,20-25H2,1-4H3,(H,54,63)(H,55,65)(H,56,66)(H,57,64)(H,59,62)(H,68,69)(H4,48,49,52)(H4,50,51,53)/t27-,32-,33-,34-,35-,36-,38-/m0/s1. The topological polar surface area (TPSA) is 364 Å². The maximum atomic E-state index is 14.6. The van der Waals surface area contributed by atoms with Gasteiger partial charge >= 0.3 is 5.97 Å². The zero-order chi connectivity index (χ0) is 51.2. The van der Waals surface area contributed by atoms with E-state index in [1.807, 2.05) is 26.8 Å². The second kappa shape index (κ2) is 28.7. The molecule has 0 bridgehead atoms. The van der Waals surface area contributed by atoms with Gasteiger partial charge in [-0.3, -0.25) is 44.2 Å². The highest BCUT2D eigenvalue weighted by Gasteiger charge is 2.40. The van der Waals surface area contributed by atoms with Crippen molar-refractivity contribution in [1.29, 1.82) is 0 Å². The second-order valence-electron chi connectivity index (χ2n) is 17.5. The quantitative estimate of drug-likeness (QED) is 0.0234. The SMILES string of the molecule is CC[C@H](C)[C@H](NC(=O)[C@H](Cc1ccc(O)cc1)NC(=O)[C@@H]1CCCN1C(=O)[C@H](CCCN=C(N)N)NC(=O)[C@H](CCCN=C(N)N)NNC(=O)Cc1ccccc1Br)C(=O)N[C@@H](CC(C)C)C(=O)O. The predicted octanol–water partition coefficient (Wildman–Crippen LogP) is 0.143. The highest BCUT2D eigenvalue weighted by molar-refractivity contribution is 9.10. The van der Waals surface area contributed by atoms with Crippen LogP contribution in [-0.4, -0.2) is 124 Å². The molecule has 0 unspecified atom stereocenters. The number of carboxylic acid groups (broad SMARTS) is 1. The Morgan fingerprint density at radius 3 is 1.96 bits per heavy atom. The summed E-state index contributed by atoms with van der Waals surface area (Å²) < 4.78 is 0.725. The van der Waals surface area contributed by atoms with Gasteiger partial charge in [0, 0.05) is 30.5 Å². The van der Waals surface area contributed by atoms with Crippen LogP contribution >= 0.6 is 15.9 Å². The fraction of sp³-hybridized carbons (Fsp3) is 0.543. The van der Waals surface area contributed by atoms with Crippen molar-refractivity contribution in [2.75, 3.05) is 19.6 Å². The van der Waals surface area contributed by atoms with E-state index < -0.39 is 83.6 Å². The number of aliphatic imine (C=N–C) groups is 2. The number of aliphatic carboxylic acids is 1. The molecule has 0 radical (unpaired) electrons. The zero-order valence-corrected chi connectivity index (χ0v) is 41.3. The Morgan fingerprint density at radius 2 is 1.38 bits per heavy atom. The number of rotatable bonds is 28. The van der Waals surface area contributed by atoms with Crippen molar-refractivity contribution in [1.82, 2.24) is 37.0 Å². The van der Waals surface area contributed by atoms with E-state index >= 15 is 0 Å². The lowest BCUT2D eigenvalue weighted by molar-refractivity contribution is -0.143. The molecule has 2 aromatic carbocycles.